The van der Waals surface area contributed by atoms with Crippen LogP contribution in [0.1, 0.15) is 11.1 Å². The molecule has 3 aromatic rings. The number of rotatable bonds is 4. The van der Waals surface area contributed by atoms with Gasteiger partial charge in [0.25, 0.3) is 11.2 Å². The molecule has 2 heterocycles. The van der Waals surface area contributed by atoms with Crippen molar-refractivity contribution < 1.29 is 4.92 Å². The molecule has 0 atom stereocenters. The first-order valence-corrected chi connectivity index (χ1v) is 7.55. The Morgan fingerprint density at radius 1 is 1.28 bits per heavy atom. The van der Waals surface area contributed by atoms with Crippen LogP contribution in [0.5, 0.6) is 0 Å². The lowest BCUT2D eigenvalue weighted by molar-refractivity contribution is -0.384. The number of aromatic nitrogens is 2. The normalized spacial score (nSPS) is 11.1. The van der Waals surface area contributed by atoms with Gasteiger partial charge in [-0.05, 0) is 30.7 Å². The predicted molar refractivity (Wildman–Crippen MR) is 95.5 cm³/mol. The average Bonchev–Trinajstić information content (AvgIpc) is 2.59. The lowest BCUT2D eigenvalue weighted by Crippen LogP contribution is -2.20. The molecule has 0 spiro atoms. The van der Waals surface area contributed by atoms with Gasteiger partial charge < -0.3 is 0 Å². The Labute approximate surface area is 146 Å². The van der Waals surface area contributed by atoms with Crippen molar-refractivity contribution in [2.24, 2.45) is 5.10 Å². The Bertz CT molecular complexity index is 1040. The Morgan fingerprint density at radius 2 is 2.00 bits per heavy atom. The van der Waals surface area contributed by atoms with Crippen molar-refractivity contribution >= 4 is 34.8 Å². The van der Waals surface area contributed by atoms with Crippen molar-refractivity contribution in [1.29, 1.82) is 0 Å². The quantitative estimate of drug-likeness (QED) is 0.334. The first kappa shape index (κ1) is 16.6. The van der Waals surface area contributed by atoms with Gasteiger partial charge in [-0.1, -0.05) is 17.7 Å². The third-order valence-corrected chi connectivity index (χ3v) is 3.71. The van der Waals surface area contributed by atoms with Crippen molar-refractivity contribution in [1.82, 2.24) is 9.38 Å². The molecule has 126 valence electrons. The fourth-order valence-corrected chi connectivity index (χ4v) is 2.39. The second kappa shape index (κ2) is 6.70. The van der Waals surface area contributed by atoms with Gasteiger partial charge in [0.15, 0.2) is 0 Å². The van der Waals surface area contributed by atoms with Crippen molar-refractivity contribution in [3.8, 4) is 0 Å². The fourth-order valence-electron chi connectivity index (χ4n) is 2.17. The van der Waals surface area contributed by atoms with Crippen LogP contribution in [0.3, 0.4) is 0 Å². The van der Waals surface area contributed by atoms with E-state index in [1.165, 1.54) is 34.9 Å². The number of benzene rings is 1. The zero-order valence-electron chi connectivity index (χ0n) is 13.0. The summed E-state index contributed by atoms with van der Waals surface area (Å²) in [6.45, 7) is 1.87. The first-order valence-electron chi connectivity index (χ1n) is 7.18. The van der Waals surface area contributed by atoms with Crippen molar-refractivity contribution in [2.45, 2.75) is 6.92 Å². The number of nitro groups is 1. The van der Waals surface area contributed by atoms with Gasteiger partial charge in [-0.25, -0.2) is 4.98 Å². The number of nitrogens with one attached hydrogen (secondary N) is 1. The van der Waals surface area contributed by atoms with Gasteiger partial charge in [-0.2, -0.15) is 5.10 Å². The van der Waals surface area contributed by atoms with Crippen LogP contribution >= 0.6 is 11.6 Å². The van der Waals surface area contributed by atoms with Crippen LogP contribution in [0, 0.1) is 17.0 Å². The summed E-state index contributed by atoms with van der Waals surface area (Å²) < 4.78 is 1.40. The molecule has 0 saturated heterocycles. The Kier molecular flexibility index (Phi) is 4.44. The maximum Gasteiger partial charge on any atom is 0.269 e. The molecule has 1 aromatic carbocycles. The molecule has 0 bridgehead atoms. The zero-order chi connectivity index (χ0) is 18.0. The number of nitrogens with zero attached hydrogens (tertiary/aromatic N) is 4. The van der Waals surface area contributed by atoms with Crippen LogP contribution in [-0.2, 0) is 0 Å². The number of nitro benzene ring substituents is 1. The SMILES string of the molecule is Cc1ccc2nc(Cl)c(C=NNc3ccc([N+](=O)[O-])cc3)c(=O)n2c1. The molecular formula is C16H12ClN5O3. The van der Waals surface area contributed by atoms with E-state index in [2.05, 4.69) is 15.5 Å². The van der Waals surface area contributed by atoms with E-state index in [1.807, 2.05) is 13.0 Å². The summed E-state index contributed by atoms with van der Waals surface area (Å²) in [7, 11) is 0. The first-order chi connectivity index (χ1) is 12.0. The van der Waals surface area contributed by atoms with Gasteiger partial charge >= 0.3 is 0 Å². The van der Waals surface area contributed by atoms with Crippen molar-refractivity contribution in [3.05, 3.63) is 79.3 Å². The minimum atomic E-state index is -0.490. The van der Waals surface area contributed by atoms with Crippen molar-refractivity contribution in [3.63, 3.8) is 0 Å². The van der Waals surface area contributed by atoms with E-state index in [4.69, 9.17) is 11.6 Å². The molecule has 1 N–H and O–H groups in total. The zero-order valence-corrected chi connectivity index (χ0v) is 13.8. The van der Waals surface area contributed by atoms with Gasteiger partial charge in [0.2, 0.25) is 0 Å². The van der Waals surface area contributed by atoms with E-state index in [1.54, 1.807) is 12.3 Å². The Balaban J connectivity index is 1.88. The van der Waals surface area contributed by atoms with Gasteiger partial charge in [-0.3, -0.25) is 24.7 Å². The van der Waals surface area contributed by atoms with Crippen molar-refractivity contribution in [2.75, 3.05) is 5.43 Å². The van der Waals surface area contributed by atoms with Crippen LogP contribution < -0.4 is 11.0 Å². The lowest BCUT2D eigenvalue weighted by atomic mass is 10.3. The van der Waals surface area contributed by atoms with E-state index in [0.29, 0.717) is 11.3 Å². The van der Waals surface area contributed by atoms with E-state index < -0.39 is 4.92 Å². The maximum atomic E-state index is 12.5. The molecule has 0 aliphatic carbocycles. The molecule has 0 saturated carbocycles. The highest BCUT2D eigenvalue weighted by Crippen LogP contribution is 2.15. The molecule has 9 heteroatoms. The number of aryl methyl sites for hydroxylation is 1. The molecule has 3 rings (SSSR count). The van der Waals surface area contributed by atoms with Crippen LogP contribution in [0.4, 0.5) is 11.4 Å². The standard InChI is InChI=1S/C16H12ClN5O3/c1-10-2-7-14-19-15(17)13(16(23)21(14)9-10)8-18-20-11-3-5-12(6-4-11)22(24)25/h2-9,20H,1H3. The number of halogens is 1. The summed E-state index contributed by atoms with van der Waals surface area (Å²) in [5, 5.41) is 14.6. The third-order valence-electron chi connectivity index (χ3n) is 3.42. The van der Waals surface area contributed by atoms with Crippen LogP contribution in [0.2, 0.25) is 5.15 Å². The van der Waals surface area contributed by atoms with E-state index >= 15 is 0 Å². The monoisotopic (exact) mass is 357 g/mol. The number of hydrogen-bond acceptors (Lipinski definition) is 6. The van der Waals surface area contributed by atoms with Gasteiger partial charge in [0, 0.05) is 18.3 Å². The Hall–Kier alpha value is -3.26. The van der Waals surface area contributed by atoms with Gasteiger partial charge in [0.1, 0.15) is 10.8 Å². The van der Waals surface area contributed by atoms with Gasteiger partial charge in [-0.15, -0.1) is 0 Å². The maximum absolute atomic E-state index is 12.5. The van der Waals surface area contributed by atoms with Crippen LogP contribution in [-0.4, -0.2) is 20.5 Å². The molecule has 25 heavy (non-hydrogen) atoms. The average molecular weight is 358 g/mol. The largest absolute Gasteiger partial charge is 0.278 e. The van der Waals surface area contributed by atoms with Crippen LogP contribution in [0.25, 0.3) is 5.65 Å². The number of hydrazone groups is 1. The molecular weight excluding hydrogens is 346 g/mol. The molecule has 8 nitrogen and oxygen atoms in total. The molecule has 0 amide bonds. The number of hydrogen-bond donors (Lipinski definition) is 1. The topological polar surface area (TPSA) is 102 Å². The lowest BCUT2D eigenvalue weighted by Gasteiger charge is -2.04. The number of non-ortho nitro benzene ring substituents is 1. The summed E-state index contributed by atoms with van der Waals surface area (Å²) in [6.07, 6.45) is 2.94. The van der Waals surface area contributed by atoms with Gasteiger partial charge in [0.05, 0.1) is 22.4 Å². The van der Waals surface area contributed by atoms with Crippen LogP contribution in [0.15, 0.2) is 52.5 Å². The molecule has 0 unspecified atom stereocenters. The number of anilines is 1. The fraction of sp³-hybridized carbons (Fsp3) is 0.0625. The highest BCUT2D eigenvalue weighted by Gasteiger charge is 2.09. The molecule has 0 radical (unpaired) electrons. The van der Waals surface area contributed by atoms with E-state index in [0.717, 1.165) is 5.56 Å². The predicted octanol–water partition coefficient (Wildman–Crippen LogP) is 3.01. The summed E-state index contributed by atoms with van der Waals surface area (Å²) in [6, 6.07) is 9.25. The number of fused-ring (bicyclic) bond motifs is 1. The molecule has 0 aliphatic rings. The molecule has 0 fully saturated rings. The second-order valence-corrected chi connectivity index (χ2v) is 5.59. The second-order valence-electron chi connectivity index (χ2n) is 5.23. The highest BCUT2D eigenvalue weighted by molar-refractivity contribution is 6.32. The minimum Gasteiger partial charge on any atom is -0.278 e. The third kappa shape index (κ3) is 3.48. The highest BCUT2D eigenvalue weighted by atomic mass is 35.5. The summed E-state index contributed by atoms with van der Waals surface area (Å²) in [5.74, 6) is 0. The summed E-state index contributed by atoms with van der Waals surface area (Å²) in [5.41, 5.74) is 4.34. The number of pyridine rings is 1. The Morgan fingerprint density at radius 3 is 2.68 bits per heavy atom. The minimum absolute atomic E-state index is 0.0232. The summed E-state index contributed by atoms with van der Waals surface area (Å²) in [4.78, 5) is 26.8. The van der Waals surface area contributed by atoms with E-state index in [9.17, 15) is 14.9 Å². The summed E-state index contributed by atoms with van der Waals surface area (Å²) >= 11 is 6.07. The molecule has 0 aliphatic heterocycles. The smallest absolute Gasteiger partial charge is 0.269 e. The molecule has 2 aromatic heterocycles. The van der Waals surface area contributed by atoms with E-state index in [-0.39, 0.29) is 22.0 Å².